The van der Waals surface area contributed by atoms with Gasteiger partial charge in [-0.15, -0.1) is 0 Å². The van der Waals surface area contributed by atoms with Crippen molar-refractivity contribution in [2.24, 2.45) is 0 Å². The summed E-state index contributed by atoms with van der Waals surface area (Å²) < 4.78 is 11.2. The molecule has 4 heteroatoms. The average molecular weight is 207 g/mol. The van der Waals surface area contributed by atoms with E-state index in [1.807, 2.05) is 26.0 Å². The van der Waals surface area contributed by atoms with E-state index in [1.165, 1.54) is 0 Å². The molecule has 1 aromatic rings. The molecular weight excluding hydrogens is 192 g/mol. The summed E-state index contributed by atoms with van der Waals surface area (Å²) in [6.07, 6.45) is 1.75. The van der Waals surface area contributed by atoms with E-state index in [0.29, 0.717) is 19.8 Å². The standard InChI is InChI=1S/C11H15N2O2/c1-9-10(4-3-5-12-9)15-11(2)8-14-7-6-13-11/h3-5H,6-8H2,1-2H3. The van der Waals surface area contributed by atoms with Crippen LogP contribution in [0.1, 0.15) is 12.6 Å². The Morgan fingerprint density at radius 3 is 3.07 bits per heavy atom. The quantitative estimate of drug-likeness (QED) is 0.730. The highest BCUT2D eigenvalue weighted by atomic mass is 16.6. The molecule has 1 atom stereocenters. The Labute approximate surface area is 89.6 Å². The Morgan fingerprint density at radius 2 is 2.40 bits per heavy atom. The maximum atomic E-state index is 5.82. The molecule has 1 fully saturated rings. The molecule has 2 heterocycles. The fourth-order valence-electron chi connectivity index (χ4n) is 1.53. The number of hydrogen-bond donors (Lipinski definition) is 0. The van der Waals surface area contributed by atoms with Gasteiger partial charge in [0.15, 0.2) is 5.72 Å². The molecule has 0 amide bonds. The Balaban J connectivity index is 2.10. The third-order valence-corrected chi connectivity index (χ3v) is 2.34. The Morgan fingerprint density at radius 1 is 1.53 bits per heavy atom. The highest BCUT2D eigenvalue weighted by Crippen LogP contribution is 2.21. The molecule has 15 heavy (non-hydrogen) atoms. The lowest BCUT2D eigenvalue weighted by Gasteiger charge is -2.33. The van der Waals surface area contributed by atoms with Crippen LogP contribution in [0.25, 0.3) is 0 Å². The highest BCUT2D eigenvalue weighted by Gasteiger charge is 2.31. The van der Waals surface area contributed by atoms with Gasteiger partial charge in [0.1, 0.15) is 12.4 Å². The Hall–Kier alpha value is -1.13. The average Bonchev–Trinajstić information content (AvgIpc) is 2.22. The summed E-state index contributed by atoms with van der Waals surface area (Å²) in [5, 5.41) is 4.42. The largest absolute Gasteiger partial charge is 0.467 e. The van der Waals surface area contributed by atoms with Gasteiger partial charge in [-0.1, -0.05) is 0 Å². The molecule has 1 saturated heterocycles. The van der Waals surface area contributed by atoms with E-state index in [9.17, 15) is 0 Å². The van der Waals surface area contributed by atoms with E-state index < -0.39 is 5.72 Å². The molecule has 81 valence electrons. The SMILES string of the molecule is Cc1ncccc1OC1(C)COCC[N]1. The van der Waals surface area contributed by atoms with E-state index in [2.05, 4.69) is 10.3 Å². The van der Waals surface area contributed by atoms with Crippen molar-refractivity contribution in [1.82, 2.24) is 10.3 Å². The highest BCUT2D eigenvalue weighted by molar-refractivity contribution is 5.26. The number of nitrogens with zero attached hydrogens (tertiary/aromatic N) is 2. The second kappa shape index (κ2) is 4.16. The van der Waals surface area contributed by atoms with Gasteiger partial charge in [0.2, 0.25) is 0 Å². The number of morpholine rings is 1. The minimum absolute atomic E-state index is 0.501. The van der Waals surface area contributed by atoms with Crippen LogP contribution in [0.15, 0.2) is 18.3 Å². The summed E-state index contributed by atoms with van der Waals surface area (Å²) in [4.78, 5) is 4.17. The van der Waals surface area contributed by atoms with Gasteiger partial charge < -0.3 is 9.47 Å². The molecular formula is C11H15N2O2. The number of hydrogen-bond acceptors (Lipinski definition) is 3. The normalized spacial score (nSPS) is 26.3. The van der Waals surface area contributed by atoms with Crippen molar-refractivity contribution in [2.45, 2.75) is 19.6 Å². The molecule has 2 rings (SSSR count). The van der Waals surface area contributed by atoms with E-state index in [0.717, 1.165) is 11.4 Å². The van der Waals surface area contributed by atoms with Crippen LogP contribution in [0.3, 0.4) is 0 Å². The maximum Gasteiger partial charge on any atom is 0.196 e. The Bertz CT molecular complexity index is 335. The third-order valence-electron chi connectivity index (χ3n) is 2.34. The van der Waals surface area contributed by atoms with Crippen molar-refractivity contribution in [1.29, 1.82) is 0 Å². The molecule has 1 aliphatic rings. The number of pyridine rings is 1. The minimum Gasteiger partial charge on any atom is -0.467 e. The van der Waals surface area contributed by atoms with Crippen LogP contribution in [0, 0.1) is 6.92 Å². The van der Waals surface area contributed by atoms with Crippen LogP contribution >= 0.6 is 0 Å². The number of ether oxygens (including phenoxy) is 2. The zero-order valence-corrected chi connectivity index (χ0v) is 9.06. The predicted molar refractivity (Wildman–Crippen MR) is 55.8 cm³/mol. The van der Waals surface area contributed by atoms with Crippen LogP contribution in [0.5, 0.6) is 5.75 Å². The first-order valence-corrected chi connectivity index (χ1v) is 5.07. The van der Waals surface area contributed by atoms with Crippen LogP contribution < -0.4 is 10.1 Å². The summed E-state index contributed by atoms with van der Waals surface area (Å²) in [6, 6.07) is 3.76. The zero-order valence-electron chi connectivity index (χ0n) is 9.06. The van der Waals surface area contributed by atoms with Gasteiger partial charge in [-0.05, 0) is 26.0 Å². The van der Waals surface area contributed by atoms with E-state index in [4.69, 9.17) is 9.47 Å². The van der Waals surface area contributed by atoms with Gasteiger partial charge in [0.05, 0.1) is 12.3 Å². The lowest BCUT2D eigenvalue weighted by molar-refractivity contribution is -0.0738. The smallest absolute Gasteiger partial charge is 0.196 e. The van der Waals surface area contributed by atoms with Gasteiger partial charge in [0, 0.05) is 12.7 Å². The fourth-order valence-corrected chi connectivity index (χ4v) is 1.53. The second-order valence-corrected chi connectivity index (χ2v) is 3.80. The second-order valence-electron chi connectivity index (χ2n) is 3.80. The van der Waals surface area contributed by atoms with Gasteiger partial charge in [-0.25, -0.2) is 0 Å². The molecule has 0 spiro atoms. The molecule has 1 unspecified atom stereocenters. The first-order chi connectivity index (χ1) is 7.20. The summed E-state index contributed by atoms with van der Waals surface area (Å²) in [5.41, 5.74) is 0.311. The maximum absolute atomic E-state index is 5.82. The molecule has 0 aromatic carbocycles. The molecule has 4 nitrogen and oxygen atoms in total. The number of aryl methyl sites for hydroxylation is 1. The van der Waals surface area contributed by atoms with Crippen LogP contribution in [-0.2, 0) is 4.74 Å². The molecule has 1 aromatic heterocycles. The van der Waals surface area contributed by atoms with E-state index in [1.54, 1.807) is 6.20 Å². The monoisotopic (exact) mass is 207 g/mol. The van der Waals surface area contributed by atoms with E-state index >= 15 is 0 Å². The van der Waals surface area contributed by atoms with Crippen molar-refractivity contribution >= 4 is 0 Å². The van der Waals surface area contributed by atoms with Gasteiger partial charge in [-0.3, -0.25) is 4.98 Å². The first kappa shape index (κ1) is 10.4. The summed E-state index contributed by atoms with van der Waals surface area (Å²) in [7, 11) is 0. The topological polar surface area (TPSA) is 45.5 Å². The third kappa shape index (κ3) is 2.46. The van der Waals surface area contributed by atoms with Crippen molar-refractivity contribution in [3.8, 4) is 5.75 Å². The zero-order chi connectivity index (χ0) is 10.7. The number of rotatable bonds is 2. The van der Waals surface area contributed by atoms with Crippen molar-refractivity contribution in [2.75, 3.05) is 19.8 Å². The molecule has 1 aliphatic heterocycles. The lowest BCUT2D eigenvalue weighted by Crippen LogP contribution is -2.51. The predicted octanol–water partition coefficient (Wildman–Crippen LogP) is 1.12. The molecule has 0 N–H and O–H groups in total. The summed E-state index contributed by atoms with van der Waals surface area (Å²) in [5.74, 6) is 0.772. The van der Waals surface area contributed by atoms with Crippen molar-refractivity contribution < 1.29 is 9.47 Å². The van der Waals surface area contributed by atoms with Crippen LogP contribution in [-0.4, -0.2) is 30.5 Å². The van der Waals surface area contributed by atoms with Gasteiger partial charge in [-0.2, -0.15) is 5.32 Å². The molecule has 1 radical (unpaired) electrons. The van der Waals surface area contributed by atoms with Crippen LogP contribution in [0.4, 0.5) is 0 Å². The Kier molecular flexibility index (Phi) is 2.88. The molecule has 0 saturated carbocycles. The minimum atomic E-state index is -0.563. The fraction of sp³-hybridized carbons (Fsp3) is 0.545. The molecule has 0 aliphatic carbocycles. The first-order valence-electron chi connectivity index (χ1n) is 5.07. The summed E-state index contributed by atoms with van der Waals surface area (Å²) >= 11 is 0. The van der Waals surface area contributed by atoms with Crippen LogP contribution in [0.2, 0.25) is 0 Å². The van der Waals surface area contributed by atoms with Gasteiger partial charge in [0.25, 0.3) is 0 Å². The number of aromatic nitrogens is 1. The van der Waals surface area contributed by atoms with Crippen molar-refractivity contribution in [3.63, 3.8) is 0 Å². The van der Waals surface area contributed by atoms with Gasteiger partial charge >= 0.3 is 0 Å². The van der Waals surface area contributed by atoms with E-state index in [-0.39, 0.29) is 0 Å². The summed E-state index contributed by atoms with van der Waals surface area (Å²) in [6.45, 7) is 5.73. The molecule has 0 bridgehead atoms. The van der Waals surface area contributed by atoms with Crippen molar-refractivity contribution in [3.05, 3.63) is 24.0 Å². The lowest BCUT2D eigenvalue weighted by atomic mass is 10.2.